The van der Waals surface area contributed by atoms with Gasteiger partial charge in [0.1, 0.15) is 0 Å². The molecule has 0 aromatic heterocycles. The molecule has 1 amide bonds. The van der Waals surface area contributed by atoms with Crippen molar-refractivity contribution in [1.29, 1.82) is 0 Å². The number of sulfonamides is 1. The number of anilines is 1. The van der Waals surface area contributed by atoms with E-state index in [0.29, 0.717) is 34.7 Å². The Morgan fingerprint density at radius 1 is 1.11 bits per heavy atom. The average molecular weight is 407 g/mol. The van der Waals surface area contributed by atoms with E-state index in [9.17, 15) is 13.2 Å². The van der Waals surface area contributed by atoms with Crippen molar-refractivity contribution in [2.24, 2.45) is 0 Å². The summed E-state index contributed by atoms with van der Waals surface area (Å²) in [7, 11) is -0.308. The van der Waals surface area contributed by atoms with Gasteiger partial charge in [-0.05, 0) is 48.7 Å². The third kappa shape index (κ3) is 5.16. The minimum Gasteiger partial charge on any atom is -0.493 e. The number of carbonyl (C=O) groups excluding carboxylic acids is 1. The zero-order valence-corrected chi connectivity index (χ0v) is 17.5. The number of benzene rings is 2. The molecule has 0 aliphatic heterocycles. The lowest BCUT2D eigenvalue weighted by Gasteiger charge is -2.20. The molecular formula is C20H26N2O5S. The van der Waals surface area contributed by atoms with Crippen LogP contribution in [0.15, 0.2) is 36.4 Å². The Kier molecular flexibility index (Phi) is 6.90. The van der Waals surface area contributed by atoms with Gasteiger partial charge in [-0.15, -0.1) is 0 Å². The standard InChI is InChI=1S/C20H26N2O5S/c1-6-16(14-10-11-18(26-3)19(12-14)27-4)21-20(23)15-8-7-9-17(13(15)2)22-28(5,24)25/h7-12,16,22H,6H2,1-5H3,(H,21,23)/t16-/m1/s1. The zero-order valence-electron chi connectivity index (χ0n) is 16.7. The summed E-state index contributed by atoms with van der Waals surface area (Å²) < 4.78 is 36.1. The predicted molar refractivity (Wildman–Crippen MR) is 110 cm³/mol. The van der Waals surface area contributed by atoms with Gasteiger partial charge in [-0.3, -0.25) is 9.52 Å². The molecule has 7 nitrogen and oxygen atoms in total. The van der Waals surface area contributed by atoms with Crippen molar-refractivity contribution in [2.45, 2.75) is 26.3 Å². The lowest BCUT2D eigenvalue weighted by Crippen LogP contribution is -2.29. The number of rotatable bonds is 8. The molecule has 2 aromatic rings. The quantitative estimate of drug-likeness (QED) is 0.702. The van der Waals surface area contributed by atoms with Crippen molar-refractivity contribution in [3.8, 4) is 11.5 Å². The van der Waals surface area contributed by atoms with Crippen molar-refractivity contribution in [2.75, 3.05) is 25.2 Å². The van der Waals surface area contributed by atoms with Crippen molar-refractivity contribution in [1.82, 2.24) is 5.32 Å². The first-order chi connectivity index (χ1) is 13.2. The van der Waals surface area contributed by atoms with E-state index in [2.05, 4.69) is 10.0 Å². The summed E-state index contributed by atoms with van der Waals surface area (Å²) in [6, 6.07) is 10.2. The summed E-state index contributed by atoms with van der Waals surface area (Å²) in [6.45, 7) is 3.68. The van der Waals surface area contributed by atoms with Crippen LogP contribution in [0, 0.1) is 6.92 Å². The summed E-state index contributed by atoms with van der Waals surface area (Å²) in [4.78, 5) is 12.9. The summed E-state index contributed by atoms with van der Waals surface area (Å²) in [5, 5.41) is 3.01. The molecule has 28 heavy (non-hydrogen) atoms. The topological polar surface area (TPSA) is 93.7 Å². The minimum atomic E-state index is -3.43. The molecule has 0 fully saturated rings. The molecule has 0 radical (unpaired) electrons. The third-order valence-corrected chi connectivity index (χ3v) is 4.99. The van der Waals surface area contributed by atoms with Gasteiger partial charge in [0.2, 0.25) is 10.0 Å². The van der Waals surface area contributed by atoms with Crippen molar-refractivity contribution in [3.63, 3.8) is 0 Å². The first kappa shape index (κ1) is 21.6. The third-order valence-electron chi connectivity index (χ3n) is 4.40. The highest BCUT2D eigenvalue weighted by Crippen LogP contribution is 2.31. The van der Waals surface area contributed by atoms with E-state index in [1.54, 1.807) is 45.4 Å². The lowest BCUT2D eigenvalue weighted by molar-refractivity contribution is 0.0935. The fourth-order valence-electron chi connectivity index (χ4n) is 2.92. The van der Waals surface area contributed by atoms with E-state index in [4.69, 9.17) is 9.47 Å². The highest BCUT2D eigenvalue weighted by molar-refractivity contribution is 7.92. The Morgan fingerprint density at radius 3 is 2.36 bits per heavy atom. The normalized spacial score (nSPS) is 12.2. The maximum atomic E-state index is 12.9. The molecule has 0 bridgehead atoms. The zero-order chi connectivity index (χ0) is 20.9. The average Bonchev–Trinajstić information content (AvgIpc) is 2.66. The minimum absolute atomic E-state index is 0.238. The van der Waals surface area contributed by atoms with Crippen LogP contribution in [0.5, 0.6) is 11.5 Å². The molecule has 1 atom stereocenters. The molecular weight excluding hydrogens is 380 g/mol. The van der Waals surface area contributed by atoms with Crippen LogP contribution in [0.2, 0.25) is 0 Å². The van der Waals surface area contributed by atoms with E-state index in [-0.39, 0.29) is 11.9 Å². The van der Waals surface area contributed by atoms with Gasteiger partial charge in [-0.1, -0.05) is 19.1 Å². The highest BCUT2D eigenvalue weighted by Gasteiger charge is 2.19. The van der Waals surface area contributed by atoms with Gasteiger partial charge in [0.05, 0.1) is 32.2 Å². The van der Waals surface area contributed by atoms with E-state index in [1.165, 1.54) is 0 Å². The predicted octanol–water partition coefficient (Wildman–Crippen LogP) is 3.26. The number of carbonyl (C=O) groups is 1. The maximum absolute atomic E-state index is 12.9. The van der Waals surface area contributed by atoms with Gasteiger partial charge in [0.15, 0.2) is 11.5 Å². The first-order valence-corrected chi connectivity index (χ1v) is 10.7. The molecule has 0 aliphatic carbocycles. The fraction of sp³-hybridized carbons (Fsp3) is 0.350. The molecule has 2 rings (SSSR count). The van der Waals surface area contributed by atoms with Crippen LogP contribution in [-0.4, -0.2) is 34.8 Å². The summed E-state index contributed by atoms with van der Waals surface area (Å²) in [6.07, 6.45) is 1.74. The van der Waals surface area contributed by atoms with Gasteiger partial charge in [0.25, 0.3) is 5.91 Å². The molecule has 0 saturated heterocycles. The summed E-state index contributed by atoms with van der Waals surface area (Å²) in [5.41, 5.74) is 2.24. The van der Waals surface area contributed by atoms with Crippen molar-refractivity contribution >= 4 is 21.6 Å². The molecule has 0 unspecified atom stereocenters. The molecule has 8 heteroatoms. The first-order valence-electron chi connectivity index (χ1n) is 8.80. The van der Waals surface area contributed by atoms with Crippen LogP contribution in [0.1, 0.15) is 40.9 Å². The van der Waals surface area contributed by atoms with Crippen molar-refractivity contribution in [3.05, 3.63) is 53.1 Å². The van der Waals surface area contributed by atoms with Crippen LogP contribution in [-0.2, 0) is 10.0 Å². The van der Waals surface area contributed by atoms with E-state index in [0.717, 1.165) is 11.8 Å². The van der Waals surface area contributed by atoms with Crippen LogP contribution in [0.4, 0.5) is 5.69 Å². The molecule has 152 valence electrons. The van der Waals surface area contributed by atoms with Gasteiger partial charge < -0.3 is 14.8 Å². The maximum Gasteiger partial charge on any atom is 0.252 e. The number of hydrogen-bond acceptors (Lipinski definition) is 5. The second-order valence-electron chi connectivity index (χ2n) is 6.40. The van der Waals surface area contributed by atoms with Gasteiger partial charge in [-0.25, -0.2) is 8.42 Å². The van der Waals surface area contributed by atoms with E-state index in [1.807, 2.05) is 19.1 Å². The molecule has 2 aromatic carbocycles. The second kappa shape index (κ2) is 8.97. The summed E-state index contributed by atoms with van der Waals surface area (Å²) >= 11 is 0. The molecule has 0 spiro atoms. The SMILES string of the molecule is CC[C@@H](NC(=O)c1cccc(NS(C)(=O)=O)c1C)c1ccc(OC)c(OC)c1. The smallest absolute Gasteiger partial charge is 0.252 e. The number of nitrogens with one attached hydrogen (secondary N) is 2. The highest BCUT2D eigenvalue weighted by atomic mass is 32.2. The second-order valence-corrected chi connectivity index (χ2v) is 8.15. The van der Waals surface area contributed by atoms with Crippen molar-refractivity contribution < 1.29 is 22.7 Å². The van der Waals surface area contributed by atoms with E-state index < -0.39 is 10.0 Å². The monoisotopic (exact) mass is 406 g/mol. The Hall–Kier alpha value is -2.74. The lowest BCUT2D eigenvalue weighted by atomic mass is 10.0. The fourth-order valence-corrected chi connectivity index (χ4v) is 3.54. The Morgan fingerprint density at radius 2 is 1.79 bits per heavy atom. The van der Waals surface area contributed by atoms with Gasteiger partial charge in [-0.2, -0.15) is 0 Å². The Labute approximate surface area is 166 Å². The van der Waals surface area contributed by atoms with Crippen LogP contribution < -0.4 is 19.5 Å². The molecule has 2 N–H and O–H groups in total. The molecule has 0 heterocycles. The molecule has 0 aliphatic rings. The number of amides is 1. The van der Waals surface area contributed by atoms with Gasteiger partial charge >= 0.3 is 0 Å². The Bertz CT molecular complexity index is 957. The van der Waals surface area contributed by atoms with E-state index >= 15 is 0 Å². The summed E-state index contributed by atoms with van der Waals surface area (Å²) in [5.74, 6) is 0.919. The van der Waals surface area contributed by atoms with Gasteiger partial charge in [0, 0.05) is 5.56 Å². The largest absolute Gasteiger partial charge is 0.493 e. The number of hydrogen-bond donors (Lipinski definition) is 2. The van der Waals surface area contributed by atoms with Crippen LogP contribution in [0.25, 0.3) is 0 Å². The number of methoxy groups -OCH3 is 2. The number of ether oxygens (including phenoxy) is 2. The van der Waals surface area contributed by atoms with Crippen LogP contribution in [0.3, 0.4) is 0 Å². The Balaban J connectivity index is 2.29. The molecule has 0 saturated carbocycles. The van der Waals surface area contributed by atoms with Crippen LogP contribution >= 0.6 is 0 Å².